The van der Waals surface area contributed by atoms with Crippen molar-refractivity contribution in [2.24, 2.45) is 5.92 Å². The highest BCUT2D eigenvalue weighted by Crippen LogP contribution is 2.13. The van der Waals surface area contributed by atoms with Crippen LogP contribution in [0.5, 0.6) is 0 Å². The van der Waals surface area contributed by atoms with Crippen molar-refractivity contribution in [1.82, 2.24) is 4.90 Å². The van der Waals surface area contributed by atoms with Gasteiger partial charge >= 0.3 is 0 Å². The minimum atomic E-state index is 0.297. The second-order valence-electron chi connectivity index (χ2n) is 4.53. The summed E-state index contributed by atoms with van der Waals surface area (Å²) in [5, 5.41) is 0. The van der Waals surface area contributed by atoms with Crippen LogP contribution in [0, 0.1) is 5.92 Å². The van der Waals surface area contributed by atoms with Gasteiger partial charge in [0.05, 0.1) is 0 Å². The second-order valence-corrected chi connectivity index (χ2v) is 4.53. The van der Waals surface area contributed by atoms with Crippen molar-refractivity contribution in [2.75, 3.05) is 13.1 Å². The van der Waals surface area contributed by atoms with E-state index in [0.29, 0.717) is 18.2 Å². The molecule has 15 heavy (non-hydrogen) atoms. The third-order valence-electron chi connectivity index (χ3n) is 3.26. The van der Waals surface area contributed by atoms with E-state index in [1.807, 2.05) is 0 Å². The maximum atomic E-state index is 11.1. The van der Waals surface area contributed by atoms with Gasteiger partial charge < -0.3 is 4.90 Å². The van der Waals surface area contributed by atoms with Gasteiger partial charge in [-0.05, 0) is 26.3 Å². The molecule has 1 atom stereocenters. The van der Waals surface area contributed by atoms with Gasteiger partial charge in [0.25, 0.3) is 0 Å². The Morgan fingerprint density at radius 1 is 1.20 bits per heavy atom. The Balaban J connectivity index is 4.15. The van der Waals surface area contributed by atoms with Gasteiger partial charge in [0, 0.05) is 19.0 Å². The zero-order valence-corrected chi connectivity index (χ0v) is 11.0. The maximum Gasteiger partial charge on any atom is 0.131 e. The van der Waals surface area contributed by atoms with Crippen molar-refractivity contribution in [3.8, 4) is 0 Å². The molecule has 0 aromatic carbocycles. The summed E-state index contributed by atoms with van der Waals surface area (Å²) >= 11 is 0. The SMILES string of the molecule is CCC(CC)CN(CC)C(C)CC(C)=O. The molecule has 0 aliphatic carbocycles. The largest absolute Gasteiger partial charge is 0.300 e. The number of carbonyl (C=O) groups excluding carboxylic acids is 1. The van der Waals surface area contributed by atoms with Crippen molar-refractivity contribution in [1.29, 1.82) is 0 Å². The summed E-state index contributed by atoms with van der Waals surface area (Å²) in [5.41, 5.74) is 0. The molecule has 0 aliphatic rings. The normalized spacial score (nSPS) is 13.5. The van der Waals surface area contributed by atoms with Gasteiger partial charge in [0.1, 0.15) is 5.78 Å². The number of nitrogens with zero attached hydrogens (tertiary/aromatic N) is 1. The zero-order chi connectivity index (χ0) is 11.8. The number of carbonyl (C=O) groups is 1. The molecule has 0 fully saturated rings. The van der Waals surface area contributed by atoms with Gasteiger partial charge in [-0.2, -0.15) is 0 Å². The Labute approximate surface area is 95.0 Å². The molecule has 0 spiro atoms. The van der Waals surface area contributed by atoms with E-state index in [0.717, 1.165) is 19.0 Å². The van der Waals surface area contributed by atoms with Gasteiger partial charge in [-0.3, -0.25) is 4.79 Å². The third-order valence-corrected chi connectivity index (χ3v) is 3.26. The summed E-state index contributed by atoms with van der Waals surface area (Å²) in [4.78, 5) is 13.5. The van der Waals surface area contributed by atoms with Crippen LogP contribution in [0.2, 0.25) is 0 Å². The second kappa shape index (κ2) is 7.86. The fourth-order valence-electron chi connectivity index (χ4n) is 2.04. The van der Waals surface area contributed by atoms with E-state index in [2.05, 4.69) is 32.6 Å². The molecule has 0 aliphatic heterocycles. The van der Waals surface area contributed by atoms with Crippen LogP contribution in [0.25, 0.3) is 0 Å². The zero-order valence-electron chi connectivity index (χ0n) is 11.0. The van der Waals surface area contributed by atoms with Gasteiger partial charge in [-0.1, -0.05) is 33.6 Å². The molecule has 0 radical (unpaired) electrons. The van der Waals surface area contributed by atoms with Crippen LogP contribution in [-0.2, 0) is 4.79 Å². The highest BCUT2D eigenvalue weighted by Gasteiger charge is 2.16. The van der Waals surface area contributed by atoms with E-state index in [4.69, 9.17) is 0 Å². The molecule has 90 valence electrons. The molecule has 0 aromatic heterocycles. The number of ketones is 1. The van der Waals surface area contributed by atoms with E-state index in [1.54, 1.807) is 6.92 Å². The van der Waals surface area contributed by atoms with Gasteiger partial charge in [0.15, 0.2) is 0 Å². The van der Waals surface area contributed by atoms with Crippen LogP contribution >= 0.6 is 0 Å². The van der Waals surface area contributed by atoms with E-state index in [-0.39, 0.29) is 0 Å². The summed E-state index contributed by atoms with van der Waals surface area (Å²) in [7, 11) is 0. The molecule has 0 bridgehead atoms. The molecule has 1 unspecified atom stereocenters. The first-order valence-electron chi connectivity index (χ1n) is 6.28. The van der Waals surface area contributed by atoms with Gasteiger partial charge in [0.2, 0.25) is 0 Å². The van der Waals surface area contributed by atoms with Crippen molar-refractivity contribution >= 4 is 5.78 Å². The van der Waals surface area contributed by atoms with Crippen molar-refractivity contribution in [3.05, 3.63) is 0 Å². The predicted octanol–water partition coefficient (Wildman–Crippen LogP) is 3.11. The first-order chi connectivity index (χ1) is 7.04. The first-order valence-corrected chi connectivity index (χ1v) is 6.28. The summed E-state index contributed by atoms with van der Waals surface area (Å²) in [6, 6.07) is 0.396. The van der Waals surface area contributed by atoms with Crippen LogP contribution in [0.1, 0.15) is 53.9 Å². The van der Waals surface area contributed by atoms with E-state index < -0.39 is 0 Å². The smallest absolute Gasteiger partial charge is 0.131 e. The highest BCUT2D eigenvalue weighted by molar-refractivity contribution is 5.76. The molecule has 0 rings (SSSR count). The molecule has 2 heteroatoms. The van der Waals surface area contributed by atoms with Crippen molar-refractivity contribution < 1.29 is 4.79 Å². The molecule has 0 saturated heterocycles. The quantitative estimate of drug-likeness (QED) is 0.617. The van der Waals surface area contributed by atoms with Crippen LogP contribution in [0.15, 0.2) is 0 Å². The van der Waals surface area contributed by atoms with Crippen molar-refractivity contribution in [3.63, 3.8) is 0 Å². The van der Waals surface area contributed by atoms with Crippen LogP contribution in [0.3, 0.4) is 0 Å². The molecule has 0 amide bonds. The molecule has 2 nitrogen and oxygen atoms in total. The molecule has 0 N–H and O–H groups in total. The topological polar surface area (TPSA) is 20.3 Å². The predicted molar refractivity (Wildman–Crippen MR) is 66.1 cm³/mol. The number of hydrogen-bond acceptors (Lipinski definition) is 2. The Morgan fingerprint density at radius 2 is 1.73 bits per heavy atom. The van der Waals surface area contributed by atoms with Crippen LogP contribution < -0.4 is 0 Å². The Bertz CT molecular complexity index is 175. The summed E-state index contributed by atoms with van der Waals surface area (Å²) in [5.74, 6) is 1.07. The maximum absolute atomic E-state index is 11.1. The molecule has 0 saturated carbocycles. The van der Waals surface area contributed by atoms with E-state index in [9.17, 15) is 4.79 Å². The standard InChI is InChI=1S/C13H27NO/c1-6-13(7-2)10-14(8-3)11(4)9-12(5)15/h11,13H,6-10H2,1-5H3. The third kappa shape index (κ3) is 5.93. The summed E-state index contributed by atoms with van der Waals surface area (Å²) < 4.78 is 0. The number of Topliss-reactive ketones (excluding diaryl/α,β-unsaturated/α-hetero) is 1. The van der Waals surface area contributed by atoms with E-state index in [1.165, 1.54) is 12.8 Å². The molecular weight excluding hydrogens is 186 g/mol. The Morgan fingerprint density at radius 3 is 2.07 bits per heavy atom. The number of hydrogen-bond donors (Lipinski definition) is 0. The van der Waals surface area contributed by atoms with Crippen LogP contribution in [-0.4, -0.2) is 29.8 Å². The Hall–Kier alpha value is -0.370. The highest BCUT2D eigenvalue weighted by atomic mass is 16.1. The number of rotatable bonds is 8. The monoisotopic (exact) mass is 213 g/mol. The lowest BCUT2D eigenvalue weighted by Crippen LogP contribution is -2.37. The summed E-state index contributed by atoms with van der Waals surface area (Å²) in [6.45, 7) is 12.7. The fourth-order valence-corrected chi connectivity index (χ4v) is 2.04. The molecule has 0 aromatic rings. The Kier molecular flexibility index (Phi) is 7.67. The minimum absolute atomic E-state index is 0.297. The average molecular weight is 213 g/mol. The first kappa shape index (κ1) is 14.6. The lowest BCUT2D eigenvalue weighted by molar-refractivity contribution is -0.118. The fraction of sp³-hybridized carbons (Fsp3) is 0.923. The molecular formula is C13H27NO. The van der Waals surface area contributed by atoms with Crippen LogP contribution in [0.4, 0.5) is 0 Å². The lowest BCUT2D eigenvalue weighted by atomic mass is 10.0. The molecule has 0 heterocycles. The van der Waals surface area contributed by atoms with Crippen molar-refractivity contribution in [2.45, 2.75) is 59.9 Å². The lowest BCUT2D eigenvalue weighted by Gasteiger charge is -2.30. The average Bonchev–Trinajstić information content (AvgIpc) is 2.18. The minimum Gasteiger partial charge on any atom is -0.300 e. The van der Waals surface area contributed by atoms with Gasteiger partial charge in [-0.25, -0.2) is 0 Å². The van der Waals surface area contributed by atoms with Gasteiger partial charge in [-0.15, -0.1) is 0 Å². The van der Waals surface area contributed by atoms with E-state index >= 15 is 0 Å². The summed E-state index contributed by atoms with van der Waals surface area (Å²) in [6.07, 6.45) is 3.16.